The number of amides is 1. The highest BCUT2D eigenvalue weighted by atomic mass is 32.2. The van der Waals surface area contributed by atoms with E-state index < -0.39 is 33.1 Å². The van der Waals surface area contributed by atoms with Crippen molar-refractivity contribution in [1.29, 1.82) is 0 Å². The third-order valence-corrected chi connectivity index (χ3v) is 4.81. The molecule has 1 aliphatic rings. The summed E-state index contributed by atoms with van der Waals surface area (Å²) in [4.78, 5) is 14.7. The molecule has 1 amide bonds. The molecule has 1 aromatic rings. The first-order valence-electron chi connectivity index (χ1n) is 5.67. The Morgan fingerprint density at radius 2 is 2.21 bits per heavy atom. The molecule has 1 atom stereocenters. The molecule has 0 aromatic carbocycles. The number of carbonyl (C=O) groups is 1. The second-order valence-electron chi connectivity index (χ2n) is 4.44. The zero-order valence-corrected chi connectivity index (χ0v) is 10.7. The number of pyridine rings is 1. The molecule has 1 saturated heterocycles. The monoisotopic (exact) mass is 290 g/mol. The maximum atomic E-state index is 13.3. The topological polar surface area (TPSA) is 76.1 Å². The number of carbonyl (C=O) groups excluding carboxylic acids is 1. The molecule has 0 saturated carbocycles. The predicted octanol–water partition coefficient (Wildman–Crippen LogP) is 0.524. The summed E-state index contributed by atoms with van der Waals surface area (Å²) in [5.74, 6) is -3.48. The van der Waals surface area contributed by atoms with Gasteiger partial charge in [0.1, 0.15) is 0 Å². The van der Waals surface area contributed by atoms with Crippen LogP contribution in [0.5, 0.6) is 0 Å². The molecule has 2 rings (SSSR count). The fraction of sp³-hybridized carbons (Fsp3) is 0.455. The van der Waals surface area contributed by atoms with Crippen LogP contribution in [0.1, 0.15) is 16.8 Å². The lowest BCUT2D eigenvalue weighted by Gasteiger charge is -2.10. The van der Waals surface area contributed by atoms with Crippen molar-refractivity contribution < 1.29 is 22.0 Å². The van der Waals surface area contributed by atoms with Gasteiger partial charge >= 0.3 is 0 Å². The zero-order chi connectivity index (χ0) is 14.0. The Balaban J connectivity index is 1.97. The van der Waals surface area contributed by atoms with Gasteiger partial charge in [0.2, 0.25) is 5.95 Å². The van der Waals surface area contributed by atoms with E-state index >= 15 is 0 Å². The maximum Gasteiger partial charge on any atom is 0.254 e. The van der Waals surface area contributed by atoms with Gasteiger partial charge in [0, 0.05) is 12.7 Å². The van der Waals surface area contributed by atoms with Crippen molar-refractivity contribution in [3.63, 3.8) is 0 Å². The van der Waals surface area contributed by atoms with Crippen molar-refractivity contribution in [2.45, 2.75) is 6.42 Å². The molecule has 2 heterocycles. The van der Waals surface area contributed by atoms with E-state index in [4.69, 9.17) is 0 Å². The highest BCUT2D eigenvalue weighted by Gasteiger charge is 2.28. The highest BCUT2D eigenvalue weighted by Crippen LogP contribution is 2.17. The fourth-order valence-electron chi connectivity index (χ4n) is 1.96. The summed E-state index contributed by atoms with van der Waals surface area (Å²) in [6.07, 6.45) is 1.46. The molecule has 0 bridgehead atoms. The fourth-order valence-corrected chi connectivity index (χ4v) is 3.82. The maximum absolute atomic E-state index is 13.3. The molecule has 1 unspecified atom stereocenters. The SMILES string of the molecule is O=C(NCC1CCS(=O)(=O)C1)c1ccnc(F)c1F. The van der Waals surface area contributed by atoms with Crippen molar-refractivity contribution in [2.75, 3.05) is 18.1 Å². The Labute approximate surface area is 109 Å². The minimum absolute atomic E-state index is 0.0144. The van der Waals surface area contributed by atoms with Crippen LogP contribution in [0.25, 0.3) is 0 Å². The Morgan fingerprint density at radius 1 is 1.47 bits per heavy atom. The first kappa shape index (κ1) is 13.9. The van der Waals surface area contributed by atoms with E-state index in [0.29, 0.717) is 6.42 Å². The third kappa shape index (κ3) is 3.25. The molecule has 1 fully saturated rings. The normalized spacial score (nSPS) is 21.3. The molecule has 1 aliphatic heterocycles. The van der Waals surface area contributed by atoms with Gasteiger partial charge in [-0.2, -0.15) is 4.39 Å². The predicted molar refractivity (Wildman–Crippen MR) is 63.2 cm³/mol. The minimum Gasteiger partial charge on any atom is -0.352 e. The molecule has 5 nitrogen and oxygen atoms in total. The molecule has 19 heavy (non-hydrogen) atoms. The number of nitrogens with zero attached hydrogens (tertiary/aromatic N) is 1. The quantitative estimate of drug-likeness (QED) is 0.824. The lowest BCUT2D eigenvalue weighted by atomic mass is 10.1. The van der Waals surface area contributed by atoms with Crippen LogP contribution in [0.2, 0.25) is 0 Å². The summed E-state index contributed by atoms with van der Waals surface area (Å²) in [5.41, 5.74) is -0.437. The van der Waals surface area contributed by atoms with Crippen molar-refractivity contribution in [1.82, 2.24) is 10.3 Å². The summed E-state index contributed by atoms with van der Waals surface area (Å²) < 4.78 is 48.6. The molecular formula is C11H12F2N2O3S. The first-order chi connectivity index (χ1) is 8.89. The molecule has 0 aliphatic carbocycles. The van der Waals surface area contributed by atoms with E-state index in [1.165, 1.54) is 0 Å². The minimum atomic E-state index is -3.02. The van der Waals surface area contributed by atoms with Crippen LogP contribution in [0.4, 0.5) is 8.78 Å². The number of rotatable bonds is 3. The van der Waals surface area contributed by atoms with Crippen LogP contribution in [0.15, 0.2) is 12.3 Å². The van der Waals surface area contributed by atoms with Crippen molar-refractivity contribution in [3.8, 4) is 0 Å². The summed E-state index contributed by atoms with van der Waals surface area (Å²) in [6.45, 7) is 0.126. The number of hydrogen-bond acceptors (Lipinski definition) is 4. The molecule has 1 N–H and O–H groups in total. The Hall–Kier alpha value is -1.57. The van der Waals surface area contributed by atoms with E-state index in [1.807, 2.05) is 0 Å². The second-order valence-corrected chi connectivity index (χ2v) is 6.67. The second kappa shape index (κ2) is 5.20. The van der Waals surface area contributed by atoms with E-state index in [9.17, 15) is 22.0 Å². The smallest absolute Gasteiger partial charge is 0.254 e. The van der Waals surface area contributed by atoms with Crippen molar-refractivity contribution in [3.05, 3.63) is 29.6 Å². The van der Waals surface area contributed by atoms with Gasteiger partial charge in [0.25, 0.3) is 5.91 Å². The number of aromatic nitrogens is 1. The summed E-state index contributed by atoms with van der Waals surface area (Å²) in [6, 6.07) is 1.07. The number of nitrogens with one attached hydrogen (secondary N) is 1. The number of hydrogen-bond donors (Lipinski definition) is 1. The third-order valence-electron chi connectivity index (χ3n) is 2.97. The van der Waals surface area contributed by atoms with Crippen LogP contribution in [-0.2, 0) is 9.84 Å². The molecule has 1 aromatic heterocycles. The van der Waals surface area contributed by atoms with E-state index in [0.717, 1.165) is 12.3 Å². The van der Waals surface area contributed by atoms with Gasteiger partial charge in [-0.3, -0.25) is 4.79 Å². The van der Waals surface area contributed by atoms with Gasteiger partial charge in [-0.15, -0.1) is 0 Å². The molecular weight excluding hydrogens is 278 g/mol. The molecule has 104 valence electrons. The largest absolute Gasteiger partial charge is 0.352 e. The Morgan fingerprint density at radius 3 is 2.84 bits per heavy atom. The van der Waals surface area contributed by atoms with Crippen LogP contribution in [-0.4, -0.2) is 37.4 Å². The van der Waals surface area contributed by atoms with Gasteiger partial charge < -0.3 is 5.32 Å². The van der Waals surface area contributed by atoms with Crippen LogP contribution in [0.3, 0.4) is 0 Å². The summed E-state index contributed by atoms with van der Waals surface area (Å²) in [7, 11) is -3.02. The van der Waals surface area contributed by atoms with Crippen LogP contribution < -0.4 is 5.32 Å². The van der Waals surface area contributed by atoms with Gasteiger partial charge in [0.05, 0.1) is 17.1 Å². The standard InChI is InChI=1S/C11H12F2N2O3S/c12-9-8(1-3-14-10(9)13)11(16)15-5-7-2-4-19(17,18)6-7/h1,3,7H,2,4-6H2,(H,15,16). The van der Waals surface area contributed by atoms with Gasteiger partial charge in [-0.1, -0.05) is 0 Å². The zero-order valence-electron chi connectivity index (χ0n) is 9.90. The van der Waals surface area contributed by atoms with Crippen molar-refractivity contribution >= 4 is 15.7 Å². The van der Waals surface area contributed by atoms with E-state index in [2.05, 4.69) is 10.3 Å². The lowest BCUT2D eigenvalue weighted by Crippen LogP contribution is -2.30. The van der Waals surface area contributed by atoms with Crippen molar-refractivity contribution in [2.24, 2.45) is 5.92 Å². The van der Waals surface area contributed by atoms with E-state index in [1.54, 1.807) is 0 Å². The van der Waals surface area contributed by atoms with Gasteiger partial charge in [-0.25, -0.2) is 17.8 Å². The van der Waals surface area contributed by atoms with E-state index in [-0.39, 0.29) is 24.0 Å². The summed E-state index contributed by atoms with van der Waals surface area (Å²) in [5, 5.41) is 2.41. The average Bonchev–Trinajstić information content (AvgIpc) is 2.69. The Bertz CT molecular complexity index is 604. The molecule has 8 heteroatoms. The summed E-state index contributed by atoms with van der Waals surface area (Å²) >= 11 is 0. The lowest BCUT2D eigenvalue weighted by molar-refractivity contribution is 0.0943. The first-order valence-corrected chi connectivity index (χ1v) is 7.50. The molecule has 0 spiro atoms. The van der Waals surface area contributed by atoms with Gasteiger partial charge in [-0.05, 0) is 18.4 Å². The van der Waals surface area contributed by atoms with Crippen LogP contribution >= 0.6 is 0 Å². The molecule has 0 radical (unpaired) electrons. The average molecular weight is 290 g/mol. The van der Waals surface area contributed by atoms with Gasteiger partial charge in [0.15, 0.2) is 15.7 Å². The Kier molecular flexibility index (Phi) is 3.79. The highest BCUT2D eigenvalue weighted by molar-refractivity contribution is 7.91. The number of sulfone groups is 1. The van der Waals surface area contributed by atoms with Crippen LogP contribution in [0, 0.1) is 17.7 Å². The number of halogens is 2.